The highest BCUT2D eigenvalue weighted by Gasteiger charge is 2.09. The summed E-state index contributed by atoms with van der Waals surface area (Å²) >= 11 is 0. The van der Waals surface area contributed by atoms with E-state index in [4.69, 9.17) is 0 Å². The fourth-order valence-corrected chi connectivity index (χ4v) is 7.13. The van der Waals surface area contributed by atoms with E-state index in [-0.39, 0.29) is 0 Å². The van der Waals surface area contributed by atoms with Gasteiger partial charge in [-0.05, 0) is 0 Å². The first-order valence-corrected chi connectivity index (χ1v) is 7.80. The topological polar surface area (TPSA) is 71.2 Å². The maximum Gasteiger partial charge on any atom is 0.197 e. The normalized spacial score (nSPS) is 27.5. The molecule has 0 fully saturated rings. The fraction of sp³-hybridized carbons (Fsp3) is 1.00. The highest BCUT2D eigenvalue weighted by Crippen LogP contribution is 2.44. The van der Waals surface area contributed by atoms with Gasteiger partial charge in [-0.15, -0.1) is 0 Å². The van der Waals surface area contributed by atoms with E-state index in [9.17, 15) is 8.42 Å². The second kappa shape index (κ2) is 3.19. The molecule has 0 saturated heterocycles. The largest absolute Gasteiger partial charge is 0.222 e. The van der Waals surface area contributed by atoms with Crippen LogP contribution in [0.1, 0.15) is 0 Å². The zero-order valence-electron chi connectivity index (χ0n) is 4.96. The molecule has 0 saturated carbocycles. The number of hydrogen-bond acceptors (Lipinski definition) is 5. The molecule has 0 radical (unpaired) electrons. The van der Waals surface area contributed by atoms with Gasteiger partial charge in [0.15, 0.2) is 33.6 Å². The lowest BCUT2D eigenvalue weighted by molar-refractivity contribution is 0.615. The van der Waals surface area contributed by atoms with E-state index in [1.165, 1.54) is 0 Å². The van der Waals surface area contributed by atoms with Gasteiger partial charge in [0.1, 0.15) is 0 Å². The Morgan fingerprint density at radius 2 is 2.10 bits per heavy atom. The van der Waals surface area contributed by atoms with Crippen molar-refractivity contribution in [2.75, 3.05) is 6.26 Å². The van der Waals surface area contributed by atoms with Gasteiger partial charge in [-0.3, -0.25) is 0 Å². The fourth-order valence-electron chi connectivity index (χ4n) is 0.303. The van der Waals surface area contributed by atoms with Crippen LogP contribution in [0.4, 0.5) is 0 Å². The lowest BCUT2D eigenvalue weighted by atomic mass is 12.0. The van der Waals surface area contributed by atoms with Gasteiger partial charge in [0.2, 0.25) is 0 Å². The Labute approximate surface area is 62.3 Å². The monoisotopic (exact) mass is 215 g/mol. The number of nitrogens with zero attached hydrogens (tertiary/aromatic N) is 3. The summed E-state index contributed by atoms with van der Waals surface area (Å²) in [5.41, 5.74) is 0. The molecular weight excluding hydrogens is 211 g/mol. The van der Waals surface area contributed by atoms with Crippen molar-refractivity contribution in [2.24, 2.45) is 13.5 Å². The molecule has 0 aromatic rings. The average molecular weight is 215 g/mol. The van der Waals surface area contributed by atoms with E-state index in [0.717, 1.165) is 6.26 Å². The summed E-state index contributed by atoms with van der Waals surface area (Å²) in [6.07, 6.45) is 1.16. The quantitative estimate of drug-likeness (QED) is 0.629. The van der Waals surface area contributed by atoms with Crippen LogP contribution in [0.2, 0.25) is 0 Å². The lowest BCUT2D eigenvalue weighted by Crippen LogP contribution is -1.83. The molecular formula is CH4N3O2P3S. The Kier molecular flexibility index (Phi) is 2.70. The van der Waals surface area contributed by atoms with Crippen molar-refractivity contribution in [3.05, 3.63) is 0 Å². The predicted octanol–water partition coefficient (Wildman–Crippen LogP) is 2.36. The Morgan fingerprint density at radius 3 is 2.40 bits per heavy atom. The van der Waals surface area contributed by atoms with E-state index in [1.54, 1.807) is 0 Å². The summed E-state index contributed by atoms with van der Waals surface area (Å²) < 4.78 is 32.8. The standard InChI is InChI=1S/CH4N3O2P3S/c1-10(5,6)9-3-7-2-8-4-9/h9H,1H3. The summed E-state index contributed by atoms with van der Waals surface area (Å²) in [7, 11) is -3.89. The van der Waals surface area contributed by atoms with Gasteiger partial charge in [0, 0.05) is 6.26 Å². The summed E-state index contributed by atoms with van der Waals surface area (Å²) in [6, 6.07) is 0. The van der Waals surface area contributed by atoms with Crippen molar-refractivity contribution < 1.29 is 8.42 Å². The van der Waals surface area contributed by atoms with E-state index < -0.39 is 16.5 Å². The molecule has 5 nitrogen and oxygen atoms in total. The zero-order valence-corrected chi connectivity index (χ0v) is 8.57. The van der Waals surface area contributed by atoms with Crippen LogP contribution in [0.25, 0.3) is 0 Å². The van der Waals surface area contributed by atoms with Crippen LogP contribution in [0.15, 0.2) is 13.5 Å². The molecule has 0 bridgehead atoms. The van der Waals surface area contributed by atoms with Crippen LogP contribution in [0.3, 0.4) is 0 Å². The van der Waals surface area contributed by atoms with Gasteiger partial charge >= 0.3 is 0 Å². The highest BCUT2D eigenvalue weighted by atomic mass is 32.8. The summed E-state index contributed by atoms with van der Waals surface area (Å²) in [5, 5.41) is 0. The molecule has 0 aliphatic carbocycles. The summed E-state index contributed by atoms with van der Waals surface area (Å²) in [6.45, 7) is 0. The molecule has 1 aliphatic rings. The molecule has 0 amide bonds. The molecule has 10 heavy (non-hydrogen) atoms. The van der Waals surface area contributed by atoms with Gasteiger partial charge in [0.25, 0.3) is 0 Å². The van der Waals surface area contributed by atoms with Crippen molar-refractivity contribution in [1.82, 2.24) is 0 Å². The maximum atomic E-state index is 10.8. The first-order valence-electron chi connectivity index (χ1n) is 2.19. The van der Waals surface area contributed by atoms with Gasteiger partial charge < -0.3 is 0 Å². The minimum absolute atomic E-state index is 0.503. The van der Waals surface area contributed by atoms with Gasteiger partial charge in [-0.2, -0.15) is 13.5 Å². The predicted molar refractivity (Wildman–Crippen MR) is 44.3 cm³/mol. The van der Waals surface area contributed by atoms with Crippen LogP contribution in [0.5, 0.6) is 0 Å². The minimum Gasteiger partial charge on any atom is -0.222 e. The maximum absolute atomic E-state index is 10.8. The first kappa shape index (κ1) is 8.48. The molecule has 0 aromatic carbocycles. The van der Waals surface area contributed by atoms with Crippen LogP contribution < -0.4 is 0 Å². The van der Waals surface area contributed by atoms with Crippen molar-refractivity contribution in [1.29, 1.82) is 0 Å². The molecule has 0 N–H and O–H groups in total. The van der Waals surface area contributed by atoms with E-state index in [0.29, 0.717) is 17.0 Å². The first-order chi connectivity index (χ1) is 4.61. The second-order valence-corrected chi connectivity index (χ2v) is 9.63. The third kappa shape index (κ3) is 2.21. The third-order valence-electron chi connectivity index (χ3n) is 0.672. The molecule has 1 heterocycles. The van der Waals surface area contributed by atoms with Crippen molar-refractivity contribution in [3.8, 4) is 0 Å². The van der Waals surface area contributed by atoms with E-state index in [1.807, 2.05) is 0 Å². The van der Waals surface area contributed by atoms with Gasteiger partial charge in [-0.25, -0.2) is 8.42 Å². The van der Waals surface area contributed by atoms with Crippen LogP contribution in [-0.2, 0) is 9.46 Å². The highest BCUT2D eigenvalue weighted by molar-refractivity contribution is 8.46. The Bertz CT molecular complexity index is 315. The Morgan fingerprint density at radius 1 is 1.40 bits per heavy atom. The molecule has 1 unspecified atom stereocenters. The summed E-state index contributed by atoms with van der Waals surface area (Å²) in [5.74, 6) is 0. The Balaban J connectivity index is 3.08. The van der Waals surface area contributed by atoms with Crippen LogP contribution in [-0.4, -0.2) is 14.7 Å². The zero-order chi connectivity index (χ0) is 7.61. The van der Waals surface area contributed by atoms with Gasteiger partial charge in [-0.1, -0.05) is 0 Å². The van der Waals surface area contributed by atoms with Gasteiger partial charge in [0.05, 0.1) is 0 Å². The average Bonchev–Trinajstić information content (AvgIpc) is 1.88. The van der Waals surface area contributed by atoms with Crippen LogP contribution >= 0.6 is 24.1 Å². The number of rotatable bonds is 1. The SMILES string of the molecule is CS(=O)(=O)[PH]1=NP=NP=N1. The molecule has 0 aromatic heterocycles. The molecule has 56 valence electrons. The third-order valence-corrected chi connectivity index (χ3v) is 7.52. The van der Waals surface area contributed by atoms with Crippen molar-refractivity contribution in [2.45, 2.75) is 0 Å². The van der Waals surface area contributed by atoms with E-state index in [2.05, 4.69) is 13.5 Å². The molecule has 0 spiro atoms. The van der Waals surface area contributed by atoms with Crippen molar-refractivity contribution >= 4 is 33.6 Å². The second-order valence-electron chi connectivity index (χ2n) is 1.52. The molecule has 1 rings (SSSR count). The van der Waals surface area contributed by atoms with Crippen molar-refractivity contribution in [3.63, 3.8) is 0 Å². The Hall–Kier alpha value is 0.380. The number of hydrogen-bond donors (Lipinski definition) is 0. The minimum atomic E-state index is -3.03. The summed E-state index contributed by atoms with van der Waals surface area (Å²) in [4.78, 5) is 0. The van der Waals surface area contributed by atoms with E-state index >= 15 is 0 Å². The van der Waals surface area contributed by atoms with Crippen LogP contribution in [0, 0.1) is 0 Å². The lowest BCUT2D eigenvalue weighted by Gasteiger charge is -1.95. The smallest absolute Gasteiger partial charge is 0.197 e. The molecule has 1 atom stereocenters. The molecule has 9 heteroatoms. The molecule has 1 aliphatic heterocycles.